The molecule has 0 radical (unpaired) electrons. The minimum absolute atomic E-state index is 0.619. The van der Waals surface area contributed by atoms with Gasteiger partial charge in [0.25, 0.3) is 0 Å². The Labute approximate surface area is 107 Å². The first-order valence-electron chi connectivity index (χ1n) is 5.88. The zero-order valence-corrected chi connectivity index (χ0v) is 11.6. The Morgan fingerprint density at radius 2 is 1.81 bits per heavy atom. The number of rotatable bonds is 7. The van der Waals surface area contributed by atoms with Gasteiger partial charge >= 0.3 is 0 Å². The van der Waals surface area contributed by atoms with E-state index >= 15 is 0 Å². The van der Waals surface area contributed by atoms with Crippen molar-refractivity contribution in [2.45, 2.75) is 32.7 Å². The molecule has 1 rings (SSSR count). The van der Waals surface area contributed by atoms with Crippen molar-refractivity contribution < 1.29 is 4.74 Å². The van der Waals surface area contributed by atoms with E-state index in [1.165, 1.54) is 12.8 Å². The molecule has 1 aromatic rings. The van der Waals surface area contributed by atoms with Gasteiger partial charge in [-0.1, -0.05) is 29.8 Å². The summed E-state index contributed by atoms with van der Waals surface area (Å²) in [7, 11) is 0. The zero-order valence-electron chi connectivity index (χ0n) is 10.0. The summed E-state index contributed by atoms with van der Waals surface area (Å²) < 4.78 is 6.70. The van der Waals surface area contributed by atoms with Crippen molar-refractivity contribution in [1.82, 2.24) is 5.32 Å². The highest BCUT2D eigenvalue weighted by Crippen LogP contribution is 2.15. The van der Waals surface area contributed by atoms with Crippen LogP contribution in [-0.4, -0.2) is 19.2 Å². The fourth-order valence-corrected chi connectivity index (χ4v) is 1.80. The summed E-state index contributed by atoms with van der Waals surface area (Å²) in [5.74, 6) is 0.926. The van der Waals surface area contributed by atoms with Crippen molar-refractivity contribution in [3.05, 3.63) is 28.7 Å². The van der Waals surface area contributed by atoms with E-state index in [1.807, 2.05) is 24.3 Å². The summed E-state index contributed by atoms with van der Waals surface area (Å²) >= 11 is 3.40. The highest BCUT2D eigenvalue weighted by Gasteiger charge is 2.01. The highest BCUT2D eigenvalue weighted by molar-refractivity contribution is 9.10. The Hall–Kier alpha value is -0.540. The molecule has 0 atom stereocenters. The molecule has 0 aromatic heterocycles. The first kappa shape index (κ1) is 13.5. The molecule has 0 heterocycles. The van der Waals surface area contributed by atoms with Gasteiger partial charge in [0.2, 0.25) is 0 Å². The molecule has 0 fully saturated rings. The van der Waals surface area contributed by atoms with Crippen LogP contribution >= 0.6 is 15.9 Å². The molecule has 2 nitrogen and oxygen atoms in total. The van der Waals surface area contributed by atoms with E-state index in [1.54, 1.807) is 0 Å². The second-order valence-electron chi connectivity index (χ2n) is 3.77. The molecular weight excluding hydrogens is 266 g/mol. The summed E-state index contributed by atoms with van der Waals surface area (Å²) in [5.41, 5.74) is 0. The zero-order chi connectivity index (χ0) is 11.8. The molecule has 0 amide bonds. The number of benzene rings is 1. The van der Waals surface area contributed by atoms with Crippen molar-refractivity contribution in [1.29, 1.82) is 0 Å². The smallest absolute Gasteiger partial charge is 0.119 e. The monoisotopic (exact) mass is 285 g/mol. The second-order valence-corrected chi connectivity index (χ2v) is 4.69. The van der Waals surface area contributed by atoms with Crippen molar-refractivity contribution in [3.63, 3.8) is 0 Å². The summed E-state index contributed by atoms with van der Waals surface area (Å²) in [6.07, 6.45) is 2.35. The van der Waals surface area contributed by atoms with Gasteiger partial charge < -0.3 is 10.1 Å². The van der Waals surface area contributed by atoms with Gasteiger partial charge in [-0.25, -0.2) is 0 Å². The van der Waals surface area contributed by atoms with Crippen molar-refractivity contribution in [2.75, 3.05) is 13.2 Å². The van der Waals surface area contributed by atoms with Crippen LogP contribution in [0.1, 0.15) is 26.7 Å². The Morgan fingerprint density at radius 1 is 1.19 bits per heavy atom. The molecule has 0 aliphatic heterocycles. The van der Waals surface area contributed by atoms with Crippen LogP contribution in [0.2, 0.25) is 0 Å². The van der Waals surface area contributed by atoms with Gasteiger partial charge in [0.05, 0.1) is 0 Å². The molecule has 0 aliphatic carbocycles. The Kier molecular flexibility index (Phi) is 6.50. The van der Waals surface area contributed by atoms with Gasteiger partial charge in [-0.05, 0) is 37.1 Å². The van der Waals surface area contributed by atoms with Crippen molar-refractivity contribution in [2.24, 2.45) is 0 Å². The normalized spacial score (nSPS) is 10.8. The summed E-state index contributed by atoms with van der Waals surface area (Å²) in [5, 5.41) is 3.47. The molecule has 0 saturated heterocycles. The van der Waals surface area contributed by atoms with Crippen LogP contribution in [0.4, 0.5) is 0 Å². The molecule has 0 spiro atoms. The number of hydrogen-bond acceptors (Lipinski definition) is 2. The van der Waals surface area contributed by atoms with E-state index in [0.29, 0.717) is 6.04 Å². The largest absolute Gasteiger partial charge is 0.492 e. The SMILES string of the molecule is CCC(CC)NCCOc1ccc(Br)cc1. The van der Waals surface area contributed by atoms with Crippen LogP contribution in [0.3, 0.4) is 0 Å². The Balaban J connectivity index is 2.18. The maximum Gasteiger partial charge on any atom is 0.119 e. The third kappa shape index (κ3) is 4.99. The number of halogens is 1. The summed E-state index contributed by atoms with van der Waals surface area (Å²) in [6, 6.07) is 8.55. The lowest BCUT2D eigenvalue weighted by molar-refractivity contribution is 0.302. The topological polar surface area (TPSA) is 21.3 Å². The molecule has 3 heteroatoms. The first-order valence-corrected chi connectivity index (χ1v) is 6.67. The van der Waals surface area contributed by atoms with Gasteiger partial charge in [0.1, 0.15) is 12.4 Å². The van der Waals surface area contributed by atoms with Gasteiger partial charge in [0, 0.05) is 17.1 Å². The van der Waals surface area contributed by atoms with Crippen LogP contribution in [0, 0.1) is 0 Å². The Morgan fingerprint density at radius 3 is 2.38 bits per heavy atom. The third-order valence-corrected chi connectivity index (χ3v) is 3.13. The van der Waals surface area contributed by atoms with Gasteiger partial charge in [-0.2, -0.15) is 0 Å². The minimum atomic E-state index is 0.619. The number of nitrogens with one attached hydrogen (secondary N) is 1. The van der Waals surface area contributed by atoms with E-state index in [2.05, 4.69) is 35.1 Å². The maximum absolute atomic E-state index is 5.62. The second kappa shape index (κ2) is 7.69. The van der Waals surface area contributed by atoms with E-state index in [0.717, 1.165) is 23.4 Å². The molecule has 0 unspecified atom stereocenters. The van der Waals surface area contributed by atoms with E-state index < -0.39 is 0 Å². The van der Waals surface area contributed by atoms with Crippen molar-refractivity contribution >= 4 is 15.9 Å². The molecule has 1 aromatic carbocycles. The average molecular weight is 286 g/mol. The lowest BCUT2D eigenvalue weighted by Crippen LogP contribution is -2.31. The summed E-state index contributed by atoms with van der Waals surface area (Å²) in [4.78, 5) is 0. The number of ether oxygens (including phenoxy) is 1. The highest BCUT2D eigenvalue weighted by atomic mass is 79.9. The lowest BCUT2D eigenvalue weighted by atomic mass is 10.2. The van der Waals surface area contributed by atoms with E-state index in [4.69, 9.17) is 4.74 Å². The molecule has 1 N–H and O–H groups in total. The van der Waals surface area contributed by atoms with Gasteiger partial charge in [-0.3, -0.25) is 0 Å². The molecule has 0 aliphatic rings. The predicted octanol–water partition coefficient (Wildman–Crippen LogP) is 3.61. The fraction of sp³-hybridized carbons (Fsp3) is 0.538. The van der Waals surface area contributed by atoms with Gasteiger partial charge in [0.15, 0.2) is 0 Å². The van der Waals surface area contributed by atoms with Crippen LogP contribution in [0.5, 0.6) is 5.75 Å². The third-order valence-electron chi connectivity index (χ3n) is 2.60. The van der Waals surface area contributed by atoms with E-state index in [9.17, 15) is 0 Å². The van der Waals surface area contributed by atoms with Crippen molar-refractivity contribution in [3.8, 4) is 5.75 Å². The quantitative estimate of drug-likeness (QED) is 0.773. The summed E-state index contributed by atoms with van der Waals surface area (Å²) in [6.45, 7) is 6.04. The maximum atomic E-state index is 5.62. The lowest BCUT2D eigenvalue weighted by Gasteiger charge is -2.14. The number of hydrogen-bond donors (Lipinski definition) is 1. The van der Waals surface area contributed by atoms with Crippen LogP contribution in [-0.2, 0) is 0 Å². The van der Waals surface area contributed by atoms with Gasteiger partial charge in [-0.15, -0.1) is 0 Å². The molecule has 0 saturated carbocycles. The standard InChI is InChI=1S/C13H20BrNO/c1-3-12(4-2)15-9-10-16-13-7-5-11(14)6-8-13/h5-8,12,15H,3-4,9-10H2,1-2H3. The van der Waals surface area contributed by atoms with Crippen LogP contribution in [0.15, 0.2) is 28.7 Å². The van der Waals surface area contributed by atoms with E-state index in [-0.39, 0.29) is 0 Å². The first-order chi connectivity index (χ1) is 7.76. The minimum Gasteiger partial charge on any atom is -0.492 e. The molecule has 90 valence electrons. The fourth-order valence-electron chi connectivity index (χ4n) is 1.54. The van der Waals surface area contributed by atoms with Crippen LogP contribution in [0.25, 0.3) is 0 Å². The molecular formula is C13H20BrNO. The van der Waals surface area contributed by atoms with Crippen LogP contribution < -0.4 is 10.1 Å². The molecule has 0 bridgehead atoms. The molecule has 16 heavy (non-hydrogen) atoms. The Bertz CT molecular complexity index is 282. The predicted molar refractivity (Wildman–Crippen MR) is 72.0 cm³/mol. The average Bonchev–Trinajstić information content (AvgIpc) is 2.32.